The van der Waals surface area contributed by atoms with E-state index in [0.717, 1.165) is 5.56 Å². The molecule has 10 heteroatoms. The highest BCUT2D eigenvalue weighted by Gasteiger charge is 2.14. The fraction of sp³-hybridized carbons (Fsp3) is 0.0435. The Morgan fingerprint density at radius 1 is 1.15 bits per heavy atom. The Kier molecular flexibility index (Phi) is 8.22. The van der Waals surface area contributed by atoms with Gasteiger partial charge >= 0.3 is 0 Å². The molecule has 1 amide bonds. The maximum atomic E-state index is 12.5. The zero-order valence-corrected chi connectivity index (χ0v) is 20.6. The van der Waals surface area contributed by atoms with Crippen molar-refractivity contribution in [1.29, 1.82) is 5.26 Å². The Labute approximate surface area is 211 Å². The van der Waals surface area contributed by atoms with Crippen molar-refractivity contribution in [1.82, 2.24) is 0 Å². The molecule has 0 aromatic heterocycles. The first-order valence-corrected chi connectivity index (χ1v) is 11.3. The minimum absolute atomic E-state index is 0.171. The second kappa shape index (κ2) is 11.1. The topological polar surface area (TPSA) is 105 Å². The molecule has 33 heavy (non-hydrogen) atoms. The number of halogens is 3. The third kappa shape index (κ3) is 6.42. The molecular weight excluding hydrogens is 578 g/mol. The van der Waals surface area contributed by atoms with Crippen molar-refractivity contribution in [3.8, 4) is 11.8 Å². The summed E-state index contributed by atoms with van der Waals surface area (Å²) < 4.78 is 7.09. The minimum Gasteiger partial charge on any atom is -0.486 e. The van der Waals surface area contributed by atoms with Gasteiger partial charge in [-0.25, -0.2) is 0 Å². The van der Waals surface area contributed by atoms with Crippen molar-refractivity contribution in [2.45, 2.75) is 6.61 Å². The molecule has 0 saturated heterocycles. The maximum Gasteiger partial charge on any atom is 0.271 e. The maximum absolute atomic E-state index is 12.5. The van der Waals surface area contributed by atoms with Crippen molar-refractivity contribution >= 4 is 66.8 Å². The molecule has 0 spiro atoms. The van der Waals surface area contributed by atoms with Gasteiger partial charge in [0.25, 0.3) is 11.6 Å². The fourth-order valence-electron chi connectivity index (χ4n) is 2.78. The molecule has 0 unspecified atom stereocenters. The number of hydrogen-bond acceptors (Lipinski definition) is 5. The summed E-state index contributed by atoms with van der Waals surface area (Å²) in [5, 5.41) is 23.5. The quantitative estimate of drug-likeness (QED) is 0.139. The molecule has 0 fully saturated rings. The summed E-state index contributed by atoms with van der Waals surface area (Å²) in [6, 6.07) is 18.1. The second-order valence-electron chi connectivity index (χ2n) is 6.63. The summed E-state index contributed by atoms with van der Waals surface area (Å²) in [7, 11) is 0. The van der Waals surface area contributed by atoms with Crippen molar-refractivity contribution in [2.24, 2.45) is 0 Å². The van der Waals surface area contributed by atoms with Gasteiger partial charge in [-0.05, 0) is 67.8 Å². The average Bonchev–Trinajstić information content (AvgIpc) is 2.78. The molecule has 1 N–H and O–H groups in total. The molecule has 0 radical (unpaired) electrons. The lowest BCUT2D eigenvalue weighted by Crippen LogP contribution is -2.13. The highest BCUT2D eigenvalue weighted by Crippen LogP contribution is 2.36. The van der Waals surface area contributed by atoms with Gasteiger partial charge in [0, 0.05) is 28.4 Å². The number of nitro groups is 1. The van der Waals surface area contributed by atoms with Crippen molar-refractivity contribution in [3.63, 3.8) is 0 Å². The van der Waals surface area contributed by atoms with Crippen LogP contribution in [0, 0.1) is 21.4 Å². The lowest BCUT2D eigenvalue weighted by atomic mass is 10.1. The monoisotopic (exact) mass is 589 g/mol. The van der Waals surface area contributed by atoms with E-state index in [-0.39, 0.29) is 23.6 Å². The fourth-order valence-corrected chi connectivity index (χ4v) is 4.42. The molecule has 0 heterocycles. The van der Waals surface area contributed by atoms with Crippen LogP contribution < -0.4 is 10.1 Å². The van der Waals surface area contributed by atoms with Gasteiger partial charge in [-0.2, -0.15) is 5.26 Å². The Balaban J connectivity index is 1.79. The predicted molar refractivity (Wildman–Crippen MR) is 133 cm³/mol. The van der Waals surface area contributed by atoms with Gasteiger partial charge in [0.15, 0.2) is 0 Å². The van der Waals surface area contributed by atoms with Crippen LogP contribution in [-0.2, 0) is 11.4 Å². The minimum atomic E-state index is -0.690. The number of ether oxygens (including phenoxy) is 1. The zero-order chi connectivity index (χ0) is 24.0. The number of carbonyl (C=O) groups is 1. The first-order chi connectivity index (χ1) is 15.8. The van der Waals surface area contributed by atoms with Crippen molar-refractivity contribution in [2.75, 3.05) is 5.32 Å². The summed E-state index contributed by atoms with van der Waals surface area (Å²) in [6.07, 6.45) is 1.40. The number of carbonyl (C=O) groups excluding carboxylic acids is 1. The summed E-state index contributed by atoms with van der Waals surface area (Å²) in [6.45, 7) is 0.251. The molecule has 7 nitrogen and oxygen atoms in total. The highest BCUT2D eigenvalue weighted by molar-refractivity contribution is 9.11. The lowest BCUT2D eigenvalue weighted by Gasteiger charge is -2.12. The van der Waals surface area contributed by atoms with Crippen LogP contribution in [0.4, 0.5) is 11.4 Å². The van der Waals surface area contributed by atoms with E-state index in [1.807, 2.05) is 24.3 Å². The highest BCUT2D eigenvalue weighted by atomic mass is 79.9. The molecule has 3 aromatic rings. The second-order valence-corrected chi connectivity index (χ2v) is 8.74. The van der Waals surface area contributed by atoms with Crippen LogP contribution in [0.2, 0.25) is 5.02 Å². The molecule has 166 valence electrons. The predicted octanol–water partition coefficient (Wildman–Crippen LogP) is 6.90. The Hall–Kier alpha value is -3.19. The molecule has 0 atom stereocenters. The van der Waals surface area contributed by atoms with E-state index in [1.165, 1.54) is 30.3 Å². The van der Waals surface area contributed by atoms with Gasteiger partial charge < -0.3 is 10.1 Å². The van der Waals surface area contributed by atoms with E-state index in [4.69, 9.17) is 16.3 Å². The number of nitriles is 1. The van der Waals surface area contributed by atoms with Gasteiger partial charge in [0.05, 0.1) is 13.9 Å². The number of non-ortho nitro benzene ring substituents is 1. The van der Waals surface area contributed by atoms with E-state index in [0.29, 0.717) is 25.3 Å². The van der Waals surface area contributed by atoms with Crippen molar-refractivity contribution < 1.29 is 14.5 Å². The van der Waals surface area contributed by atoms with Crippen LogP contribution >= 0.6 is 43.5 Å². The van der Waals surface area contributed by atoms with E-state index >= 15 is 0 Å². The number of hydrogen-bond donors (Lipinski definition) is 1. The van der Waals surface area contributed by atoms with Gasteiger partial charge in [-0.15, -0.1) is 0 Å². The molecule has 0 aliphatic carbocycles. The first kappa shape index (κ1) is 24.5. The Morgan fingerprint density at radius 3 is 2.48 bits per heavy atom. The van der Waals surface area contributed by atoms with E-state index in [2.05, 4.69) is 37.2 Å². The molecular formula is C23H14Br2ClN3O4. The Morgan fingerprint density at radius 2 is 1.85 bits per heavy atom. The van der Waals surface area contributed by atoms with E-state index in [1.54, 1.807) is 18.2 Å². The average molecular weight is 592 g/mol. The normalized spacial score (nSPS) is 10.9. The number of rotatable bonds is 7. The number of anilines is 1. The number of nitro benzene ring substituents is 1. The SMILES string of the molecule is N#C/C(=C\c1cc(Br)c(OCc2ccccc2Cl)c(Br)c1)C(=O)Nc1cccc([N+](=O)[O-])c1. The van der Waals surface area contributed by atoms with Crippen LogP contribution in [0.15, 0.2) is 75.2 Å². The summed E-state index contributed by atoms with van der Waals surface area (Å²) in [5.74, 6) is -0.157. The molecule has 3 aromatic carbocycles. The van der Waals surface area contributed by atoms with E-state index in [9.17, 15) is 20.2 Å². The van der Waals surface area contributed by atoms with Gasteiger partial charge in [-0.3, -0.25) is 14.9 Å². The molecule has 3 rings (SSSR count). The largest absolute Gasteiger partial charge is 0.486 e. The van der Waals surface area contributed by atoms with Crippen LogP contribution in [0.1, 0.15) is 11.1 Å². The summed E-state index contributed by atoms with van der Waals surface area (Å²) in [5.41, 5.74) is 1.25. The lowest BCUT2D eigenvalue weighted by molar-refractivity contribution is -0.384. The summed E-state index contributed by atoms with van der Waals surface area (Å²) in [4.78, 5) is 22.9. The van der Waals surface area contributed by atoms with Crippen LogP contribution in [0.3, 0.4) is 0 Å². The van der Waals surface area contributed by atoms with Crippen molar-refractivity contribution in [3.05, 3.63) is 101 Å². The first-order valence-electron chi connectivity index (χ1n) is 9.31. The molecule has 0 aliphatic heterocycles. The van der Waals surface area contributed by atoms with Gasteiger partial charge in [0.1, 0.15) is 24.0 Å². The third-order valence-electron chi connectivity index (χ3n) is 4.34. The van der Waals surface area contributed by atoms with Gasteiger partial charge in [-0.1, -0.05) is 35.9 Å². The number of nitrogens with zero attached hydrogens (tertiary/aromatic N) is 2. The van der Waals surface area contributed by atoms with Gasteiger partial charge in [0.2, 0.25) is 0 Å². The Bertz CT molecular complexity index is 1280. The van der Waals surface area contributed by atoms with E-state index < -0.39 is 10.8 Å². The molecule has 0 aliphatic rings. The van der Waals surface area contributed by atoms with Crippen LogP contribution in [-0.4, -0.2) is 10.8 Å². The molecule has 0 saturated carbocycles. The smallest absolute Gasteiger partial charge is 0.271 e. The number of nitrogens with one attached hydrogen (secondary N) is 1. The molecule has 0 bridgehead atoms. The van der Waals surface area contributed by atoms with Crippen LogP contribution in [0.5, 0.6) is 5.75 Å². The third-order valence-corrected chi connectivity index (χ3v) is 5.89. The number of benzene rings is 3. The number of amides is 1. The zero-order valence-electron chi connectivity index (χ0n) is 16.7. The van der Waals surface area contributed by atoms with Crippen LogP contribution in [0.25, 0.3) is 6.08 Å². The standard InChI is InChI=1S/C23H14Br2ClN3O4/c24-19-9-14(10-20(25)22(19)33-13-15-4-1-2-7-21(15)26)8-16(12-27)23(30)28-17-5-3-6-18(11-17)29(31)32/h1-11H,13H2,(H,28,30)/b16-8+. The summed E-state index contributed by atoms with van der Waals surface area (Å²) >= 11 is 13.1.